The lowest BCUT2D eigenvalue weighted by Gasteiger charge is -2.28. The molecule has 1 amide bonds. The van der Waals surface area contributed by atoms with Gasteiger partial charge in [0.1, 0.15) is 0 Å². The van der Waals surface area contributed by atoms with Crippen LogP contribution in [0.25, 0.3) is 0 Å². The molecule has 0 saturated carbocycles. The average molecular weight is 373 g/mol. The fourth-order valence-corrected chi connectivity index (χ4v) is 3.44. The fraction of sp³-hybridized carbons (Fsp3) is 0.905. The van der Waals surface area contributed by atoms with E-state index in [1.54, 1.807) is 11.8 Å². The second-order valence-electron chi connectivity index (χ2n) is 6.57. The summed E-state index contributed by atoms with van der Waals surface area (Å²) in [6.07, 6.45) is 9.32. The number of amides is 1. The number of amidine groups is 1. The van der Waals surface area contributed by atoms with Crippen LogP contribution in [0.4, 0.5) is 0 Å². The molecule has 0 radical (unpaired) electrons. The van der Waals surface area contributed by atoms with Crippen LogP contribution in [0.3, 0.4) is 0 Å². The standard InChI is InChI=1S/C15H28N2OS.C4H10.C2H6/c1-5-7-8-9-11(3)13-10-14(18)17-15(19-13)16-12(4)6-2;1-3-4-2;1-2/h11-13H,5-10H2,1-4H3,(H,16,17,18);3-4H2,1-2H3;1-2H3. The van der Waals surface area contributed by atoms with E-state index in [1.165, 1.54) is 38.5 Å². The van der Waals surface area contributed by atoms with Crippen LogP contribution in [0, 0.1) is 5.92 Å². The highest BCUT2D eigenvalue weighted by Crippen LogP contribution is 2.30. The Morgan fingerprint density at radius 1 is 1.08 bits per heavy atom. The first-order valence-corrected chi connectivity index (χ1v) is 11.4. The van der Waals surface area contributed by atoms with Crippen molar-refractivity contribution in [1.29, 1.82) is 0 Å². The van der Waals surface area contributed by atoms with Crippen molar-refractivity contribution in [1.82, 2.24) is 5.32 Å². The van der Waals surface area contributed by atoms with Gasteiger partial charge in [0.15, 0.2) is 5.17 Å². The van der Waals surface area contributed by atoms with Crippen molar-refractivity contribution in [2.24, 2.45) is 10.9 Å². The Kier molecular flexibility index (Phi) is 19.5. The van der Waals surface area contributed by atoms with E-state index in [1.807, 2.05) is 13.8 Å². The van der Waals surface area contributed by atoms with Gasteiger partial charge in [-0.1, -0.05) is 92.3 Å². The van der Waals surface area contributed by atoms with Gasteiger partial charge in [-0.2, -0.15) is 0 Å². The van der Waals surface area contributed by atoms with Gasteiger partial charge < -0.3 is 5.32 Å². The molecular weight excluding hydrogens is 328 g/mol. The van der Waals surface area contributed by atoms with Crippen LogP contribution >= 0.6 is 11.8 Å². The number of nitrogens with one attached hydrogen (secondary N) is 1. The number of hydrogen-bond donors (Lipinski definition) is 1. The number of nitrogens with zero attached hydrogens (tertiary/aromatic N) is 1. The summed E-state index contributed by atoms with van der Waals surface area (Å²) >= 11 is 1.76. The van der Waals surface area contributed by atoms with Crippen LogP contribution in [0.2, 0.25) is 0 Å². The van der Waals surface area contributed by atoms with E-state index in [9.17, 15) is 4.79 Å². The molecule has 0 aromatic rings. The zero-order valence-electron chi connectivity index (χ0n) is 18.2. The number of rotatable bonds is 8. The van der Waals surface area contributed by atoms with Gasteiger partial charge in [0.2, 0.25) is 5.91 Å². The largest absolute Gasteiger partial charge is 0.305 e. The average Bonchev–Trinajstić information content (AvgIpc) is 2.63. The Hall–Kier alpha value is -0.510. The Morgan fingerprint density at radius 2 is 1.68 bits per heavy atom. The third kappa shape index (κ3) is 14.4. The van der Waals surface area contributed by atoms with Crippen molar-refractivity contribution in [3.05, 3.63) is 0 Å². The first kappa shape index (κ1) is 26.7. The van der Waals surface area contributed by atoms with Crippen molar-refractivity contribution in [3.63, 3.8) is 0 Å². The van der Waals surface area contributed by atoms with E-state index in [-0.39, 0.29) is 11.9 Å². The van der Waals surface area contributed by atoms with E-state index in [0.29, 0.717) is 17.6 Å². The van der Waals surface area contributed by atoms with Crippen LogP contribution in [-0.4, -0.2) is 22.4 Å². The van der Waals surface area contributed by atoms with Crippen molar-refractivity contribution < 1.29 is 4.79 Å². The third-order valence-corrected chi connectivity index (χ3v) is 5.59. The van der Waals surface area contributed by atoms with Gasteiger partial charge in [-0.3, -0.25) is 9.79 Å². The SMILES string of the molecule is CC.CCCC.CCCCCC(C)C1CC(=O)NC(=NC(C)CC)S1. The number of thioether (sulfide) groups is 1. The summed E-state index contributed by atoms with van der Waals surface area (Å²) in [7, 11) is 0. The second kappa shape index (κ2) is 18.3. The number of aliphatic imine (C=N–C) groups is 1. The molecule has 1 heterocycles. The molecule has 3 unspecified atom stereocenters. The van der Waals surface area contributed by atoms with Gasteiger partial charge in [-0.25, -0.2) is 0 Å². The number of unbranched alkanes of at least 4 members (excludes halogenated alkanes) is 3. The van der Waals surface area contributed by atoms with E-state index in [4.69, 9.17) is 0 Å². The Labute approximate surface area is 162 Å². The summed E-state index contributed by atoms with van der Waals surface area (Å²) in [4.78, 5) is 16.4. The molecule has 1 saturated heterocycles. The van der Waals surface area contributed by atoms with Crippen molar-refractivity contribution >= 4 is 22.8 Å². The molecule has 150 valence electrons. The minimum Gasteiger partial charge on any atom is -0.305 e. The second-order valence-corrected chi connectivity index (χ2v) is 7.80. The zero-order chi connectivity index (χ0) is 19.7. The quantitative estimate of drug-likeness (QED) is 0.475. The molecule has 0 aromatic heterocycles. The summed E-state index contributed by atoms with van der Waals surface area (Å²) in [6, 6.07) is 0.289. The molecular formula is C21H44N2OS. The molecule has 1 aliphatic heterocycles. The van der Waals surface area contributed by atoms with E-state index < -0.39 is 0 Å². The Bertz CT molecular complexity index is 343. The van der Waals surface area contributed by atoms with Gasteiger partial charge in [0.25, 0.3) is 0 Å². The van der Waals surface area contributed by atoms with Crippen LogP contribution in [0.5, 0.6) is 0 Å². The van der Waals surface area contributed by atoms with Crippen molar-refractivity contribution in [3.8, 4) is 0 Å². The number of hydrogen-bond acceptors (Lipinski definition) is 3. The van der Waals surface area contributed by atoms with Crippen LogP contribution in [-0.2, 0) is 4.79 Å². The van der Waals surface area contributed by atoms with Crippen molar-refractivity contribution in [2.75, 3.05) is 0 Å². The lowest BCUT2D eigenvalue weighted by molar-refractivity contribution is -0.119. The van der Waals surface area contributed by atoms with Crippen LogP contribution < -0.4 is 5.32 Å². The molecule has 25 heavy (non-hydrogen) atoms. The molecule has 1 fully saturated rings. The number of carbonyl (C=O) groups is 1. The predicted molar refractivity (Wildman–Crippen MR) is 117 cm³/mol. The van der Waals surface area contributed by atoms with Crippen molar-refractivity contribution in [2.45, 2.75) is 118 Å². The summed E-state index contributed by atoms with van der Waals surface area (Å²) in [5.74, 6) is 0.720. The Balaban J connectivity index is 0. The minimum absolute atomic E-state index is 0.133. The maximum absolute atomic E-state index is 11.8. The molecule has 1 aliphatic rings. The van der Waals surface area contributed by atoms with E-state index >= 15 is 0 Å². The third-order valence-electron chi connectivity index (χ3n) is 4.22. The fourth-order valence-electron chi connectivity index (χ4n) is 2.14. The zero-order valence-corrected chi connectivity index (χ0v) is 19.0. The van der Waals surface area contributed by atoms with E-state index in [2.05, 4.69) is 51.9 Å². The smallest absolute Gasteiger partial charge is 0.227 e. The highest BCUT2D eigenvalue weighted by Gasteiger charge is 2.28. The summed E-state index contributed by atoms with van der Waals surface area (Å²) in [5, 5.41) is 4.14. The van der Waals surface area contributed by atoms with Gasteiger partial charge in [-0.05, 0) is 25.7 Å². The molecule has 4 heteroatoms. The van der Waals surface area contributed by atoms with Gasteiger partial charge >= 0.3 is 0 Å². The van der Waals surface area contributed by atoms with Gasteiger partial charge in [-0.15, -0.1) is 0 Å². The summed E-state index contributed by atoms with van der Waals surface area (Å²) in [6.45, 7) is 17.1. The van der Waals surface area contributed by atoms with Gasteiger partial charge in [0.05, 0.1) is 0 Å². The Morgan fingerprint density at radius 3 is 2.16 bits per heavy atom. The number of carbonyl (C=O) groups excluding carboxylic acids is 1. The van der Waals surface area contributed by atoms with E-state index in [0.717, 1.165) is 11.6 Å². The topological polar surface area (TPSA) is 41.5 Å². The maximum atomic E-state index is 11.8. The molecule has 0 aromatic carbocycles. The van der Waals surface area contributed by atoms with Gasteiger partial charge in [0, 0.05) is 17.7 Å². The monoisotopic (exact) mass is 372 g/mol. The van der Waals surface area contributed by atoms with Crippen LogP contribution in [0.1, 0.15) is 107 Å². The molecule has 1 N–H and O–H groups in total. The molecule has 0 aliphatic carbocycles. The predicted octanol–water partition coefficient (Wildman–Crippen LogP) is 6.81. The first-order chi connectivity index (χ1) is 12.0. The summed E-state index contributed by atoms with van der Waals surface area (Å²) < 4.78 is 0. The molecule has 1 rings (SSSR count). The van der Waals surface area contributed by atoms with Crippen LogP contribution in [0.15, 0.2) is 4.99 Å². The molecule has 0 spiro atoms. The normalized spacial score (nSPS) is 20.6. The maximum Gasteiger partial charge on any atom is 0.227 e. The summed E-state index contributed by atoms with van der Waals surface area (Å²) in [5.41, 5.74) is 0. The highest BCUT2D eigenvalue weighted by atomic mass is 32.2. The molecule has 3 atom stereocenters. The lowest BCUT2D eigenvalue weighted by atomic mass is 9.97. The minimum atomic E-state index is 0.133. The molecule has 3 nitrogen and oxygen atoms in total. The highest BCUT2D eigenvalue weighted by molar-refractivity contribution is 8.14. The first-order valence-electron chi connectivity index (χ1n) is 10.5. The molecule has 0 bridgehead atoms. The lowest BCUT2D eigenvalue weighted by Crippen LogP contribution is -2.39.